The summed E-state index contributed by atoms with van der Waals surface area (Å²) in [6, 6.07) is 8.27. The van der Waals surface area contributed by atoms with E-state index in [0.717, 1.165) is 43.4 Å². The average molecular weight is 439 g/mol. The summed E-state index contributed by atoms with van der Waals surface area (Å²) >= 11 is 1.66. The molecule has 2 rings (SSSR count). The van der Waals surface area contributed by atoms with Gasteiger partial charge in [-0.15, -0.1) is 11.8 Å². The average Bonchev–Trinajstić information content (AvgIpc) is 2.99. The highest BCUT2D eigenvalue weighted by Gasteiger charge is 2.40. The number of carbonyl (C=O) groups excluding carboxylic acids is 1. The van der Waals surface area contributed by atoms with E-state index in [1.165, 1.54) is 12.7 Å². The highest BCUT2D eigenvalue weighted by atomic mass is 32.2. The van der Waals surface area contributed by atoms with Crippen molar-refractivity contribution in [3.05, 3.63) is 29.8 Å². The van der Waals surface area contributed by atoms with Gasteiger partial charge in [-0.25, -0.2) is 0 Å². The lowest BCUT2D eigenvalue weighted by Gasteiger charge is -2.24. The molecule has 1 aliphatic carbocycles. The van der Waals surface area contributed by atoms with Crippen LogP contribution in [0.5, 0.6) is 0 Å². The Morgan fingerprint density at radius 3 is 2.53 bits per heavy atom. The quantitative estimate of drug-likeness (QED) is 0.244. The monoisotopic (exact) mass is 438 g/mol. The van der Waals surface area contributed by atoms with Crippen LogP contribution in [0.2, 0.25) is 0 Å². The summed E-state index contributed by atoms with van der Waals surface area (Å²) in [5.74, 6) is 0.620. The van der Waals surface area contributed by atoms with Crippen molar-refractivity contribution in [1.29, 1.82) is 0 Å². The van der Waals surface area contributed by atoms with Crippen molar-refractivity contribution >= 4 is 17.7 Å². The number of carbonyl (C=O) groups is 1. The van der Waals surface area contributed by atoms with E-state index in [2.05, 4.69) is 29.9 Å². The molecule has 1 aliphatic rings. The summed E-state index contributed by atoms with van der Waals surface area (Å²) in [5.41, 5.74) is 1.21. The highest BCUT2D eigenvalue weighted by molar-refractivity contribution is 7.99. The fraction of sp³-hybridized carbons (Fsp3) is 0.708. The fourth-order valence-electron chi connectivity index (χ4n) is 4.45. The number of aryl methyl sites for hydroxylation is 1. The Bertz CT molecular complexity index is 638. The zero-order chi connectivity index (χ0) is 21.9. The van der Waals surface area contributed by atoms with Crippen LogP contribution >= 0.6 is 11.8 Å². The number of unbranched alkanes of at least 4 members (excludes halogenated alkanes) is 3. The molecule has 170 valence electrons. The molecule has 0 aliphatic heterocycles. The number of aliphatic hydroxyl groups is 3. The number of ether oxygens (including phenoxy) is 1. The van der Waals surface area contributed by atoms with E-state index in [9.17, 15) is 20.1 Å². The van der Waals surface area contributed by atoms with Crippen LogP contribution in [0.15, 0.2) is 29.2 Å². The molecule has 5 atom stereocenters. The molecule has 0 heterocycles. The Morgan fingerprint density at radius 1 is 1.13 bits per heavy atom. The van der Waals surface area contributed by atoms with Crippen LogP contribution < -0.4 is 0 Å². The van der Waals surface area contributed by atoms with Gasteiger partial charge in [-0.3, -0.25) is 4.79 Å². The van der Waals surface area contributed by atoms with Crippen LogP contribution in [0.1, 0.15) is 63.4 Å². The van der Waals surface area contributed by atoms with Crippen LogP contribution in [-0.2, 0) is 9.53 Å². The first kappa shape index (κ1) is 25.2. The zero-order valence-electron chi connectivity index (χ0n) is 18.3. The van der Waals surface area contributed by atoms with Crippen molar-refractivity contribution in [1.82, 2.24) is 0 Å². The summed E-state index contributed by atoms with van der Waals surface area (Å²) in [6.07, 6.45) is 5.60. The Balaban J connectivity index is 1.69. The van der Waals surface area contributed by atoms with Crippen molar-refractivity contribution in [2.75, 3.05) is 12.9 Å². The first-order chi connectivity index (χ1) is 14.4. The molecular formula is C24H38O5S. The minimum Gasteiger partial charge on any atom is -0.469 e. The second kappa shape index (κ2) is 13.4. The van der Waals surface area contributed by atoms with Gasteiger partial charge in [-0.05, 0) is 63.0 Å². The lowest BCUT2D eigenvalue weighted by molar-refractivity contribution is -0.140. The molecule has 1 aromatic carbocycles. The number of hydrogen-bond donors (Lipinski definition) is 3. The SMILES string of the molecule is COC(=O)CCCCCC[C@@H]1[C@@H](CCC(O)CSc2cccc(C)c2)[C@H](O)C[C@@H]1O. The van der Waals surface area contributed by atoms with Gasteiger partial charge >= 0.3 is 5.97 Å². The van der Waals surface area contributed by atoms with Gasteiger partial charge in [0.05, 0.1) is 25.4 Å². The number of hydrogen-bond acceptors (Lipinski definition) is 6. The lowest BCUT2D eigenvalue weighted by atomic mass is 9.85. The molecule has 1 aromatic rings. The summed E-state index contributed by atoms with van der Waals surface area (Å²) in [7, 11) is 1.41. The van der Waals surface area contributed by atoms with Crippen LogP contribution in [0, 0.1) is 18.8 Å². The molecule has 1 fully saturated rings. The van der Waals surface area contributed by atoms with E-state index in [4.69, 9.17) is 0 Å². The topological polar surface area (TPSA) is 87.0 Å². The van der Waals surface area contributed by atoms with Gasteiger partial charge < -0.3 is 20.1 Å². The third-order valence-electron chi connectivity index (χ3n) is 6.18. The molecule has 0 saturated heterocycles. The number of methoxy groups -OCH3 is 1. The molecule has 0 radical (unpaired) electrons. The summed E-state index contributed by atoms with van der Waals surface area (Å²) in [4.78, 5) is 12.3. The molecule has 0 amide bonds. The molecule has 3 N–H and O–H groups in total. The molecular weight excluding hydrogens is 400 g/mol. The van der Waals surface area contributed by atoms with Gasteiger partial charge in [0.25, 0.3) is 0 Å². The predicted octanol–water partition coefficient (Wildman–Crippen LogP) is 4.10. The van der Waals surface area contributed by atoms with Crippen LogP contribution in [0.3, 0.4) is 0 Å². The molecule has 0 aromatic heterocycles. The van der Waals surface area contributed by atoms with Crippen molar-refractivity contribution in [3.8, 4) is 0 Å². The maximum absolute atomic E-state index is 11.1. The first-order valence-corrected chi connectivity index (χ1v) is 12.2. The second-order valence-corrected chi connectivity index (χ2v) is 9.68. The van der Waals surface area contributed by atoms with Crippen LogP contribution in [-0.4, -0.2) is 52.5 Å². The Hall–Kier alpha value is -1.08. The summed E-state index contributed by atoms with van der Waals surface area (Å²) < 4.78 is 4.65. The molecule has 0 spiro atoms. The summed E-state index contributed by atoms with van der Waals surface area (Å²) in [5, 5.41) is 31.2. The molecule has 30 heavy (non-hydrogen) atoms. The van der Waals surface area contributed by atoms with Gasteiger partial charge in [-0.1, -0.05) is 37.0 Å². The van der Waals surface area contributed by atoms with Crippen molar-refractivity contribution in [3.63, 3.8) is 0 Å². The van der Waals surface area contributed by atoms with Crippen molar-refractivity contribution in [2.24, 2.45) is 11.8 Å². The fourth-order valence-corrected chi connectivity index (χ4v) is 5.45. The number of benzene rings is 1. The maximum atomic E-state index is 11.1. The first-order valence-electron chi connectivity index (χ1n) is 11.2. The Morgan fingerprint density at radius 2 is 1.83 bits per heavy atom. The molecule has 1 unspecified atom stereocenters. The van der Waals surface area contributed by atoms with E-state index in [1.54, 1.807) is 11.8 Å². The molecule has 1 saturated carbocycles. The number of esters is 1. The summed E-state index contributed by atoms with van der Waals surface area (Å²) in [6.45, 7) is 2.06. The Kier molecular flexibility index (Phi) is 11.2. The number of thioether (sulfide) groups is 1. The zero-order valence-corrected chi connectivity index (χ0v) is 19.2. The van der Waals surface area contributed by atoms with Crippen LogP contribution in [0.25, 0.3) is 0 Å². The largest absolute Gasteiger partial charge is 0.469 e. The Labute approximate surface area is 185 Å². The third kappa shape index (κ3) is 8.58. The number of rotatable bonds is 13. The number of aliphatic hydroxyl groups excluding tert-OH is 3. The van der Waals surface area contributed by atoms with E-state index < -0.39 is 18.3 Å². The molecule has 0 bridgehead atoms. The van der Waals surface area contributed by atoms with Crippen molar-refractivity contribution < 1.29 is 24.9 Å². The smallest absolute Gasteiger partial charge is 0.305 e. The highest BCUT2D eigenvalue weighted by Crippen LogP contribution is 2.39. The minimum atomic E-state index is -0.485. The van der Waals surface area contributed by atoms with E-state index in [-0.39, 0.29) is 17.8 Å². The molecule has 5 nitrogen and oxygen atoms in total. The molecule has 6 heteroatoms. The second-order valence-electron chi connectivity index (χ2n) is 8.59. The standard InChI is InChI=1S/C24H38O5S/c1-17-8-7-9-19(14-17)30-16-18(25)12-13-21-20(22(26)15-23(21)27)10-5-3-4-6-11-24(28)29-2/h7-9,14,18,20-23,25-27H,3-6,10-13,15-16H2,1-2H3/t18?,20-,21-,22+,23-/m1/s1. The van der Waals surface area contributed by atoms with Crippen LogP contribution in [0.4, 0.5) is 0 Å². The van der Waals surface area contributed by atoms with Gasteiger partial charge in [0.15, 0.2) is 0 Å². The van der Waals surface area contributed by atoms with E-state index in [0.29, 0.717) is 25.0 Å². The lowest BCUT2D eigenvalue weighted by Crippen LogP contribution is -2.24. The van der Waals surface area contributed by atoms with Crippen molar-refractivity contribution in [2.45, 2.75) is 87.9 Å². The predicted molar refractivity (Wildman–Crippen MR) is 120 cm³/mol. The van der Waals surface area contributed by atoms with Gasteiger partial charge in [0, 0.05) is 17.1 Å². The van der Waals surface area contributed by atoms with E-state index >= 15 is 0 Å². The minimum absolute atomic E-state index is 0.0497. The van der Waals surface area contributed by atoms with Gasteiger partial charge in [0.1, 0.15) is 0 Å². The third-order valence-corrected chi connectivity index (χ3v) is 7.32. The normalized spacial score (nSPS) is 24.7. The maximum Gasteiger partial charge on any atom is 0.305 e. The van der Waals surface area contributed by atoms with E-state index in [1.807, 2.05) is 6.07 Å². The van der Waals surface area contributed by atoms with Gasteiger partial charge in [-0.2, -0.15) is 0 Å². The van der Waals surface area contributed by atoms with Gasteiger partial charge in [0.2, 0.25) is 0 Å².